The largest absolute Gasteiger partial charge is 0.478 e. The van der Waals surface area contributed by atoms with Crippen LogP contribution >= 0.6 is 12.4 Å². The number of nitrogens with one attached hydrogen (secondary N) is 3. The van der Waals surface area contributed by atoms with Crippen molar-refractivity contribution in [3.8, 4) is 11.8 Å². The van der Waals surface area contributed by atoms with Crippen LogP contribution in [-0.4, -0.2) is 105 Å². The fraction of sp³-hybridized carbons (Fsp3) is 0.319. The third-order valence-electron chi connectivity index (χ3n) is 14.3. The molecule has 4 aromatic heterocycles. The number of hydrogen-bond donors (Lipinski definition) is 3. The van der Waals surface area contributed by atoms with Gasteiger partial charge in [-0.15, -0.1) is 12.4 Å². The molecule has 3 amide bonds. The number of pyridine rings is 2. The number of likely N-dealkylation sites (N-methyl/N-ethyl adjacent to an activating group) is 2. The SMILES string of the molecule is CC/C(=C(/c1ccc(OCCCC/C=C/C(=O)NC)nc1)c1ccc2[nH]ncc2c1)c1ccccc1.CC/C(=C(/c1ccc(OCCN(C/C=C/C(=O)NC)C(=O)OC(C)(C)C)nc1)c1ccc2c(cnn2C2CCCCO2)c1)c1ccccc1.Cl. The average Bonchev–Trinajstić information content (AvgIpc) is 1.88. The summed E-state index contributed by atoms with van der Waals surface area (Å²) in [4.78, 5) is 46.5. The van der Waals surface area contributed by atoms with E-state index in [1.54, 1.807) is 26.2 Å². The lowest BCUT2D eigenvalue weighted by atomic mass is 9.88. The molecule has 0 radical (unpaired) electrons. The summed E-state index contributed by atoms with van der Waals surface area (Å²) in [5, 5.41) is 19.2. The van der Waals surface area contributed by atoms with E-state index >= 15 is 0 Å². The summed E-state index contributed by atoms with van der Waals surface area (Å²) < 4.78 is 25.5. The van der Waals surface area contributed by atoms with Gasteiger partial charge in [-0.3, -0.25) is 14.7 Å². The summed E-state index contributed by atoms with van der Waals surface area (Å²) in [7, 11) is 3.18. The molecule has 1 saturated heterocycles. The number of benzene rings is 4. The Morgan fingerprint density at radius 1 is 0.674 bits per heavy atom. The molecule has 0 bridgehead atoms. The van der Waals surface area contributed by atoms with Crippen LogP contribution in [0.5, 0.6) is 11.8 Å². The molecule has 3 N–H and O–H groups in total. The fourth-order valence-electron chi connectivity index (χ4n) is 10.1. The molecule has 4 aromatic carbocycles. The molecular formula is C69H80ClN9O7. The van der Waals surface area contributed by atoms with Gasteiger partial charge in [0.25, 0.3) is 0 Å². The third-order valence-corrected chi connectivity index (χ3v) is 14.3. The number of halogens is 1. The average molecular weight is 1180 g/mol. The highest BCUT2D eigenvalue weighted by molar-refractivity contribution is 6.01. The van der Waals surface area contributed by atoms with E-state index in [1.807, 2.05) is 86.6 Å². The van der Waals surface area contributed by atoms with Crippen LogP contribution in [-0.2, 0) is 19.1 Å². The normalized spacial score (nSPS) is 13.9. The van der Waals surface area contributed by atoms with Crippen LogP contribution in [0.4, 0.5) is 4.79 Å². The lowest BCUT2D eigenvalue weighted by molar-refractivity contribution is -0.116. The van der Waals surface area contributed by atoms with E-state index in [1.165, 1.54) is 27.7 Å². The Morgan fingerprint density at radius 3 is 1.81 bits per heavy atom. The summed E-state index contributed by atoms with van der Waals surface area (Å²) in [6.45, 7) is 11.8. The Labute approximate surface area is 511 Å². The smallest absolute Gasteiger partial charge is 0.410 e. The first-order valence-corrected chi connectivity index (χ1v) is 29.4. The molecule has 1 atom stereocenters. The van der Waals surface area contributed by atoms with Gasteiger partial charge >= 0.3 is 6.09 Å². The number of H-pyrrole nitrogens is 1. The fourth-order valence-corrected chi connectivity index (χ4v) is 10.1. The van der Waals surface area contributed by atoms with Gasteiger partial charge in [-0.05, 0) is 159 Å². The zero-order valence-corrected chi connectivity index (χ0v) is 51.2. The Kier molecular flexibility index (Phi) is 24.4. The maximum Gasteiger partial charge on any atom is 0.410 e. The third kappa shape index (κ3) is 18.1. The van der Waals surface area contributed by atoms with Crippen molar-refractivity contribution in [2.24, 2.45) is 0 Å². The highest BCUT2D eigenvalue weighted by Crippen LogP contribution is 2.38. The number of aromatic nitrogens is 6. The lowest BCUT2D eigenvalue weighted by Crippen LogP contribution is -2.39. The van der Waals surface area contributed by atoms with Gasteiger partial charge in [-0.1, -0.05) is 98.8 Å². The summed E-state index contributed by atoms with van der Waals surface area (Å²) in [6.07, 6.45) is 21.0. The second-order valence-corrected chi connectivity index (χ2v) is 21.4. The van der Waals surface area contributed by atoms with Crippen molar-refractivity contribution in [3.05, 3.63) is 204 Å². The Balaban J connectivity index is 0.000000254. The number of hydrogen-bond acceptors (Lipinski definition) is 11. The van der Waals surface area contributed by atoms with Crippen LogP contribution in [0.2, 0.25) is 0 Å². The van der Waals surface area contributed by atoms with E-state index in [0.717, 1.165) is 119 Å². The Morgan fingerprint density at radius 2 is 1.26 bits per heavy atom. The molecule has 450 valence electrons. The van der Waals surface area contributed by atoms with Crippen LogP contribution in [0.3, 0.4) is 0 Å². The van der Waals surface area contributed by atoms with Gasteiger partial charge in [-0.25, -0.2) is 19.4 Å². The van der Waals surface area contributed by atoms with Crippen LogP contribution in [0.15, 0.2) is 170 Å². The maximum absolute atomic E-state index is 12.9. The van der Waals surface area contributed by atoms with Crippen molar-refractivity contribution in [2.75, 3.05) is 47.0 Å². The van der Waals surface area contributed by atoms with Crippen LogP contribution < -0.4 is 20.1 Å². The molecule has 1 aliphatic rings. The minimum Gasteiger partial charge on any atom is -0.478 e. The molecule has 1 unspecified atom stereocenters. The van der Waals surface area contributed by atoms with Gasteiger partial charge in [-0.2, -0.15) is 10.2 Å². The molecule has 0 aliphatic carbocycles. The number of unbranched alkanes of at least 4 members (excludes halogenated alkanes) is 2. The topological polar surface area (TPSA) is 188 Å². The van der Waals surface area contributed by atoms with E-state index in [2.05, 4.69) is 136 Å². The predicted molar refractivity (Wildman–Crippen MR) is 345 cm³/mol. The number of carbonyl (C=O) groups excluding carboxylic acids is 3. The van der Waals surface area contributed by atoms with Crippen molar-refractivity contribution < 1.29 is 33.3 Å². The Hall–Kier alpha value is -8.86. The standard InChI is InChI=1S/C39H47N5O5.C30H32N4O2.ClH/c1-6-32(28-13-8-7-9-14-28)37(29-17-19-33-31(25-29)27-42-44(33)36-16-10-11-23-48-36)30-18-20-35(41-26-30)47-24-22-43(21-12-15-34(45)40-5)38(46)49-39(2,3)4;1-3-26(22-11-7-6-8-12-22)30(23-14-16-27-25(19-23)21-33-34-27)24-15-17-29(32-20-24)36-18-10-5-4-9-13-28(35)31-2;/h7-9,12-15,17-20,25-27,36H,6,10-11,16,21-24H2,1-5H3,(H,40,45);6-9,11-17,19-21H,3-5,10,18H2,1-2H3,(H,31,35)(H,33,34);1H/b15-12+,37-32-;13-9+,30-26-;. The van der Waals surface area contributed by atoms with Gasteiger partial charge in [0.15, 0.2) is 6.23 Å². The molecule has 86 heavy (non-hydrogen) atoms. The molecule has 17 heteroatoms. The van der Waals surface area contributed by atoms with Crippen molar-refractivity contribution in [1.29, 1.82) is 0 Å². The number of amides is 3. The monoisotopic (exact) mass is 1180 g/mol. The first-order valence-electron chi connectivity index (χ1n) is 29.4. The van der Waals surface area contributed by atoms with E-state index in [0.29, 0.717) is 18.4 Å². The zero-order valence-electron chi connectivity index (χ0n) is 50.4. The molecule has 16 nitrogen and oxygen atoms in total. The molecule has 0 spiro atoms. The Bertz CT molecular complexity index is 3580. The van der Waals surface area contributed by atoms with Gasteiger partial charge in [0.05, 0.1) is 36.6 Å². The summed E-state index contributed by atoms with van der Waals surface area (Å²) >= 11 is 0. The van der Waals surface area contributed by atoms with Gasteiger partial charge in [0.1, 0.15) is 12.2 Å². The summed E-state index contributed by atoms with van der Waals surface area (Å²) in [5.41, 5.74) is 12.7. The molecular weight excluding hydrogens is 1100 g/mol. The number of rotatable bonds is 23. The zero-order chi connectivity index (χ0) is 60.0. The molecule has 8 aromatic rings. The predicted octanol–water partition coefficient (Wildman–Crippen LogP) is 14.0. The minimum absolute atomic E-state index is 0. The van der Waals surface area contributed by atoms with Crippen LogP contribution in [0.1, 0.15) is 126 Å². The molecule has 9 rings (SSSR count). The molecule has 1 fully saturated rings. The molecule has 1 aliphatic heterocycles. The van der Waals surface area contributed by atoms with Crippen LogP contribution in [0.25, 0.3) is 44.1 Å². The summed E-state index contributed by atoms with van der Waals surface area (Å²) in [6, 6.07) is 41.7. The maximum atomic E-state index is 12.9. The van der Waals surface area contributed by atoms with E-state index in [-0.39, 0.29) is 50.1 Å². The minimum atomic E-state index is -0.658. The number of carbonyl (C=O) groups is 3. The quantitative estimate of drug-likeness (QED) is 0.0314. The molecule has 0 saturated carbocycles. The molecule has 5 heterocycles. The van der Waals surface area contributed by atoms with Crippen molar-refractivity contribution >= 4 is 74.4 Å². The summed E-state index contributed by atoms with van der Waals surface area (Å²) in [5.74, 6) is 0.727. The number of aromatic amines is 1. The van der Waals surface area contributed by atoms with Crippen molar-refractivity contribution in [2.45, 2.75) is 97.8 Å². The first kappa shape index (κ1) is 64.7. The number of ether oxygens (including phenoxy) is 4. The second-order valence-electron chi connectivity index (χ2n) is 21.4. The van der Waals surface area contributed by atoms with Gasteiger partial charge in [0.2, 0.25) is 23.6 Å². The van der Waals surface area contributed by atoms with E-state index in [4.69, 9.17) is 24.0 Å². The van der Waals surface area contributed by atoms with Crippen molar-refractivity contribution in [3.63, 3.8) is 0 Å². The van der Waals surface area contributed by atoms with Crippen LogP contribution in [0, 0.1) is 0 Å². The number of nitrogens with zero attached hydrogens (tertiary/aromatic N) is 6. The van der Waals surface area contributed by atoms with Crippen molar-refractivity contribution in [1.82, 2.24) is 45.5 Å². The number of fused-ring (bicyclic) bond motifs is 2. The first-order chi connectivity index (χ1) is 41.4. The van der Waals surface area contributed by atoms with E-state index in [9.17, 15) is 14.4 Å². The van der Waals surface area contributed by atoms with E-state index < -0.39 is 11.7 Å². The second kappa shape index (κ2) is 32.4. The highest BCUT2D eigenvalue weighted by Gasteiger charge is 2.23. The van der Waals surface area contributed by atoms with Gasteiger partial charge < -0.3 is 34.5 Å². The van der Waals surface area contributed by atoms with Gasteiger partial charge in [0, 0.05) is 79.7 Å². The highest BCUT2D eigenvalue weighted by atomic mass is 35.5. The number of allylic oxidation sites excluding steroid dienone is 3. The lowest BCUT2D eigenvalue weighted by Gasteiger charge is -2.26.